The Hall–Kier alpha value is -2.07. The summed E-state index contributed by atoms with van der Waals surface area (Å²) in [6.45, 7) is 3.24. The Labute approximate surface area is 130 Å². The molecule has 1 aliphatic heterocycles. The number of hydrogen-bond acceptors (Lipinski definition) is 3. The van der Waals surface area contributed by atoms with Crippen molar-refractivity contribution >= 4 is 0 Å². The van der Waals surface area contributed by atoms with Crippen molar-refractivity contribution in [3.8, 4) is 5.75 Å². The standard InChI is InChI=1S/C18H22N2O2/c21-17-16(14-19-10-5-2-6-11-19)9-12-20(18(17)22)13-15-7-3-1-4-8-15/h1,3-4,7-9,12,21H,2,5-6,10-11,13-14H2. The second-order valence-corrected chi connectivity index (χ2v) is 5.95. The second kappa shape index (κ2) is 6.79. The Morgan fingerprint density at radius 2 is 1.68 bits per heavy atom. The summed E-state index contributed by atoms with van der Waals surface area (Å²) >= 11 is 0. The molecule has 0 spiro atoms. The normalized spacial score (nSPS) is 15.8. The summed E-state index contributed by atoms with van der Waals surface area (Å²) < 4.78 is 1.56. The van der Waals surface area contributed by atoms with Crippen molar-refractivity contribution in [3.63, 3.8) is 0 Å². The van der Waals surface area contributed by atoms with Gasteiger partial charge in [0, 0.05) is 18.3 Å². The zero-order valence-electron chi connectivity index (χ0n) is 12.7. The Morgan fingerprint density at radius 3 is 2.41 bits per heavy atom. The van der Waals surface area contributed by atoms with Crippen molar-refractivity contribution in [1.29, 1.82) is 0 Å². The fraction of sp³-hybridized carbons (Fsp3) is 0.389. The molecular weight excluding hydrogens is 276 g/mol. The monoisotopic (exact) mass is 298 g/mol. The van der Waals surface area contributed by atoms with E-state index in [1.165, 1.54) is 19.3 Å². The van der Waals surface area contributed by atoms with Crippen molar-refractivity contribution in [1.82, 2.24) is 9.47 Å². The van der Waals surface area contributed by atoms with Crippen LogP contribution in [0.25, 0.3) is 0 Å². The molecule has 1 aromatic heterocycles. The van der Waals surface area contributed by atoms with Crippen LogP contribution in [0, 0.1) is 0 Å². The van der Waals surface area contributed by atoms with Crippen LogP contribution in [0.4, 0.5) is 0 Å². The van der Waals surface area contributed by atoms with Gasteiger partial charge in [-0.2, -0.15) is 0 Å². The molecule has 22 heavy (non-hydrogen) atoms. The molecule has 0 amide bonds. The van der Waals surface area contributed by atoms with E-state index in [-0.39, 0.29) is 11.3 Å². The molecule has 0 radical (unpaired) electrons. The third-order valence-corrected chi connectivity index (χ3v) is 4.26. The first-order valence-corrected chi connectivity index (χ1v) is 7.91. The van der Waals surface area contributed by atoms with Gasteiger partial charge in [0.2, 0.25) is 0 Å². The highest BCUT2D eigenvalue weighted by Gasteiger charge is 2.15. The average Bonchev–Trinajstić information content (AvgIpc) is 2.56. The summed E-state index contributed by atoms with van der Waals surface area (Å²) in [6, 6.07) is 11.7. The van der Waals surface area contributed by atoms with Crippen LogP contribution < -0.4 is 5.56 Å². The number of rotatable bonds is 4. The number of pyridine rings is 1. The second-order valence-electron chi connectivity index (χ2n) is 5.95. The van der Waals surface area contributed by atoms with Crippen LogP contribution in [-0.4, -0.2) is 27.7 Å². The molecule has 0 aliphatic carbocycles. The zero-order valence-corrected chi connectivity index (χ0v) is 12.7. The maximum Gasteiger partial charge on any atom is 0.293 e. The minimum Gasteiger partial charge on any atom is -0.503 e. The largest absolute Gasteiger partial charge is 0.503 e. The first-order chi connectivity index (χ1) is 10.7. The Morgan fingerprint density at radius 1 is 0.955 bits per heavy atom. The number of aromatic nitrogens is 1. The van der Waals surface area contributed by atoms with Crippen LogP contribution in [0.2, 0.25) is 0 Å². The summed E-state index contributed by atoms with van der Waals surface area (Å²) in [4.78, 5) is 14.6. The molecule has 4 nitrogen and oxygen atoms in total. The summed E-state index contributed by atoms with van der Waals surface area (Å²) in [5.41, 5.74) is 1.47. The third-order valence-electron chi connectivity index (χ3n) is 4.26. The van der Waals surface area contributed by atoms with Crippen molar-refractivity contribution in [2.45, 2.75) is 32.4 Å². The van der Waals surface area contributed by atoms with Crippen LogP contribution in [0.1, 0.15) is 30.4 Å². The maximum absolute atomic E-state index is 12.3. The molecule has 3 rings (SSSR count). The van der Waals surface area contributed by atoms with Crippen molar-refractivity contribution in [2.75, 3.05) is 13.1 Å². The van der Waals surface area contributed by atoms with Crippen molar-refractivity contribution < 1.29 is 5.11 Å². The summed E-state index contributed by atoms with van der Waals surface area (Å²) in [7, 11) is 0. The molecule has 1 aliphatic rings. The molecule has 4 heteroatoms. The molecule has 0 atom stereocenters. The molecule has 1 saturated heterocycles. The topological polar surface area (TPSA) is 45.5 Å². The van der Waals surface area contributed by atoms with Crippen LogP contribution in [-0.2, 0) is 13.1 Å². The molecule has 0 unspecified atom stereocenters. The number of nitrogens with zero attached hydrogens (tertiary/aromatic N) is 2. The predicted octanol–water partition coefficient (Wildman–Crippen LogP) is 2.59. The Balaban J connectivity index is 1.77. The van der Waals surface area contributed by atoms with Gasteiger partial charge in [0.1, 0.15) is 0 Å². The SMILES string of the molecule is O=c1c(O)c(CN2CCCCC2)ccn1Cc1ccccc1. The van der Waals surface area contributed by atoms with Gasteiger partial charge in [-0.25, -0.2) is 0 Å². The number of likely N-dealkylation sites (tertiary alicyclic amines) is 1. The fourth-order valence-electron chi connectivity index (χ4n) is 2.99. The van der Waals surface area contributed by atoms with Crippen LogP contribution >= 0.6 is 0 Å². The molecule has 1 N–H and O–H groups in total. The van der Waals surface area contributed by atoms with Gasteiger partial charge in [-0.3, -0.25) is 9.69 Å². The highest BCUT2D eigenvalue weighted by atomic mass is 16.3. The quantitative estimate of drug-likeness (QED) is 0.943. The molecular formula is C18H22N2O2. The molecule has 0 saturated carbocycles. The first kappa shape index (κ1) is 14.9. The van der Waals surface area contributed by atoms with Gasteiger partial charge in [0.25, 0.3) is 5.56 Å². The fourth-order valence-corrected chi connectivity index (χ4v) is 2.99. The summed E-state index contributed by atoms with van der Waals surface area (Å²) in [6.07, 6.45) is 5.47. The predicted molar refractivity (Wildman–Crippen MR) is 87.0 cm³/mol. The lowest BCUT2D eigenvalue weighted by Gasteiger charge is -2.26. The van der Waals surface area contributed by atoms with Crippen LogP contribution in [0.5, 0.6) is 5.75 Å². The lowest BCUT2D eigenvalue weighted by molar-refractivity contribution is 0.218. The number of benzene rings is 1. The van der Waals surface area contributed by atoms with Gasteiger partial charge in [-0.05, 0) is 37.6 Å². The van der Waals surface area contributed by atoms with Gasteiger partial charge in [-0.1, -0.05) is 36.8 Å². The molecule has 1 aromatic carbocycles. The van der Waals surface area contributed by atoms with E-state index in [1.807, 2.05) is 36.4 Å². The first-order valence-electron chi connectivity index (χ1n) is 7.91. The van der Waals surface area contributed by atoms with Gasteiger partial charge in [-0.15, -0.1) is 0 Å². The number of aromatic hydroxyl groups is 1. The van der Waals surface area contributed by atoms with E-state index in [9.17, 15) is 9.90 Å². The van der Waals surface area contributed by atoms with E-state index < -0.39 is 0 Å². The lowest BCUT2D eigenvalue weighted by atomic mass is 10.1. The molecule has 2 aromatic rings. The van der Waals surface area contributed by atoms with Gasteiger partial charge < -0.3 is 9.67 Å². The van der Waals surface area contributed by atoms with E-state index in [0.29, 0.717) is 13.1 Å². The highest BCUT2D eigenvalue weighted by Crippen LogP contribution is 2.17. The Bertz CT molecular complexity index is 673. The van der Waals surface area contributed by atoms with E-state index in [0.717, 1.165) is 24.2 Å². The van der Waals surface area contributed by atoms with E-state index in [1.54, 1.807) is 10.8 Å². The van der Waals surface area contributed by atoms with E-state index in [2.05, 4.69) is 4.90 Å². The van der Waals surface area contributed by atoms with Gasteiger partial charge in [0.05, 0.1) is 6.54 Å². The lowest BCUT2D eigenvalue weighted by Crippen LogP contribution is -2.30. The number of hydrogen-bond donors (Lipinski definition) is 1. The van der Waals surface area contributed by atoms with Gasteiger partial charge >= 0.3 is 0 Å². The van der Waals surface area contributed by atoms with Gasteiger partial charge in [0.15, 0.2) is 5.75 Å². The average molecular weight is 298 g/mol. The number of piperidine rings is 1. The van der Waals surface area contributed by atoms with Crippen LogP contribution in [0.15, 0.2) is 47.4 Å². The van der Waals surface area contributed by atoms with Crippen molar-refractivity contribution in [3.05, 3.63) is 64.1 Å². The van der Waals surface area contributed by atoms with E-state index >= 15 is 0 Å². The molecule has 1 fully saturated rings. The highest BCUT2D eigenvalue weighted by molar-refractivity contribution is 5.29. The minimum atomic E-state index is -0.307. The summed E-state index contributed by atoms with van der Waals surface area (Å²) in [5, 5.41) is 10.2. The Kier molecular flexibility index (Phi) is 4.59. The van der Waals surface area contributed by atoms with E-state index in [4.69, 9.17) is 0 Å². The third kappa shape index (κ3) is 3.39. The molecule has 0 bridgehead atoms. The summed E-state index contributed by atoms with van der Waals surface area (Å²) in [5.74, 6) is -0.107. The molecule has 2 heterocycles. The van der Waals surface area contributed by atoms with Crippen molar-refractivity contribution in [2.24, 2.45) is 0 Å². The molecule has 116 valence electrons. The zero-order chi connectivity index (χ0) is 15.4. The minimum absolute atomic E-state index is 0.107. The maximum atomic E-state index is 12.3. The van der Waals surface area contributed by atoms with Crippen LogP contribution in [0.3, 0.4) is 0 Å². The smallest absolute Gasteiger partial charge is 0.293 e.